The van der Waals surface area contributed by atoms with E-state index in [0.29, 0.717) is 60.2 Å². The van der Waals surface area contributed by atoms with Crippen molar-refractivity contribution in [3.8, 4) is 22.8 Å². The third-order valence-electron chi connectivity index (χ3n) is 10.7. The van der Waals surface area contributed by atoms with Crippen LogP contribution in [0.3, 0.4) is 0 Å². The average molecular weight is 788 g/mol. The molecule has 14 nitrogen and oxygen atoms in total. The highest BCUT2D eigenvalue weighted by Crippen LogP contribution is 2.47. The van der Waals surface area contributed by atoms with Gasteiger partial charge in [-0.3, -0.25) is 24.1 Å². The lowest BCUT2D eigenvalue weighted by Gasteiger charge is -2.30. The Bertz CT molecular complexity index is 2150. The van der Waals surface area contributed by atoms with Gasteiger partial charge >= 0.3 is 6.09 Å². The second-order valence-electron chi connectivity index (χ2n) is 16.2. The summed E-state index contributed by atoms with van der Waals surface area (Å²) in [6.45, 7) is 5.34. The Morgan fingerprint density at radius 3 is 2.46 bits per heavy atom. The van der Waals surface area contributed by atoms with Gasteiger partial charge in [-0.25, -0.2) is 23.6 Å². The van der Waals surface area contributed by atoms with E-state index in [2.05, 4.69) is 15.5 Å². The van der Waals surface area contributed by atoms with E-state index < -0.39 is 74.1 Å². The number of allylic oxidation sites excluding steroid dienone is 1. The second-order valence-corrected chi connectivity index (χ2v) is 18.1. The highest BCUT2D eigenvalue weighted by Gasteiger charge is 2.62. The number of hydrogen-bond donors (Lipinski definition) is 3. The van der Waals surface area contributed by atoms with Crippen LogP contribution in [-0.2, 0) is 29.1 Å². The minimum Gasteiger partial charge on any atom is -0.497 e. The maximum Gasteiger partial charge on any atom is 0.426 e. The fourth-order valence-electron chi connectivity index (χ4n) is 7.59. The molecule has 15 heteroatoms. The summed E-state index contributed by atoms with van der Waals surface area (Å²) in [4.78, 5) is 60.7. The van der Waals surface area contributed by atoms with E-state index in [0.717, 1.165) is 5.56 Å². The SMILES string of the molecule is COc1ccc2c(O[C@@H]3C[C@H]4C(=O)N[C@]5(C(=O)NS(=O)(=O)C6CC6)C[C@H]5/C=C/CCCCN(NC(=O)OC(C)(C)C)C(=O)[C@@H]4C3)cc(-c3ccccc3)nc2c1. The van der Waals surface area contributed by atoms with Gasteiger partial charge in [0.1, 0.15) is 28.7 Å². The molecule has 0 spiro atoms. The molecule has 7 rings (SSSR count). The Hall–Kier alpha value is -5.18. The molecule has 3 aromatic rings. The third kappa shape index (κ3) is 8.62. The molecule has 4 amide bonds. The fraction of sp³-hybridized carbons (Fsp3) is 0.488. The molecule has 2 heterocycles. The van der Waals surface area contributed by atoms with Crippen LogP contribution in [-0.4, -0.2) is 78.4 Å². The van der Waals surface area contributed by atoms with Crippen molar-refractivity contribution in [1.29, 1.82) is 0 Å². The first-order chi connectivity index (χ1) is 26.7. The number of pyridine rings is 1. The average Bonchev–Trinajstić information content (AvgIpc) is 4.08. The van der Waals surface area contributed by atoms with Gasteiger partial charge < -0.3 is 19.5 Å². The van der Waals surface area contributed by atoms with Crippen molar-refractivity contribution in [3.63, 3.8) is 0 Å². The lowest BCUT2D eigenvalue weighted by molar-refractivity contribution is -0.144. The zero-order valence-electron chi connectivity index (χ0n) is 32.1. The van der Waals surface area contributed by atoms with E-state index in [4.69, 9.17) is 19.2 Å². The van der Waals surface area contributed by atoms with Gasteiger partial charge in [0.15, 0.2) is 0 Å². The van der Waals surface area contributed by atoms with Crippen LogP contribution in [0.4, 0.5) is 4.79 Å². The predicted molar refractivity (Wildman–Crippen MR) is 207 cm³/mol. The smallest absolute Gasteiger partial charge is 0.426 e. The van der Waals surface area contributed by atoms with Crippen LogP contribution in [0, 0.1) is 17.8 Å². The number of hydrogen-bond acceptors (Lipinski definition) is 10. The fourth-order valence-corrected chi connectivity index (χ4v) is 8.95. The number of amides is 4. The number of carbonyl (C=O) groups excluding carboxylic acids is 4. The molecule has 3 fully saturated rings. The molecule has 56 heavy (non-hydrogen) atoms. The molecule has 3 aliphatic carbocycles. The van der Waals surface area contributed by atoms with Gasteiger partial charge in [-0.05, 0) is 84.3 Å². The topological polar surface area (TPSA) is 182 Å². The zero-order chi connectivity index (χ0) is 39.8. The van der Waals surface area contributed by atoms with Gasteiger partial charge in [0.2, 0.25) is 21.8 Å². The minimum absolute atomic E-state index is 0.0989. The molecule has 1 aromatic heterocycles. The minimum atomic E-state index is -3.89. The van der Waals surface area contributed by atoms with E-state index in [-0.39, 0.29) is 25.8 Å². The maximum absolute atomic E-state index is 14.6. The molecule has 1 aliphatic heterocycles. The summed E-state index contributed by atoms with van der Waals surface area (Å²) in [5.74, 6) is -3.13. The monoisotopic (exact) mass is 787 g/mol. The maximum atomic E-state index is 14.6. The first-order valence-electron chi connectivity index (χ1n) is 19.2. The third-order valence-corrected chi connectivity index (χ3v) is 12.6. The Kier molecular flexibility index (Phi) is 10.7. The van der Waals surface area contributed by atoms with Crippen molar-refractivity contribution in [1.82, 2.24) is 25.5 Å². The molecule has 0 unspecified atom stereocenters. The van der Waals surface area contributed by atoms with Gasteiger partial charge in [-0.2, -0.15) is 0 Å². The van der Waals surface area contributed by atoms with E-state index in [9.17, 15) is 27.6 Å². The number of sulfonamides is 1. The Morgan fingerprint density at radius 1 is 1.00 bits per heavy atom. The Morgan fingerprint density at radius 2 is 1.75 bits per heavy atom. The number of benzene rings is 2. The molecule has 0 radical (unpaired) electrons. The van der Waals surface area contributed by atoms with Crippen LogP contribution in [0.2, 0.25) is 0 Å². The molecule has 0 bridgehead atoms. The van der Waals surface area contributed by atoms with Crippen LogP contribution < -0.4 is 24.9 Å². The number of fused-ring (bicyclic) bond motifs is 3. The summed E-state index contributed by atoms with van der Waals surface area (Å²) in [5.41, 5.74) is 2.45. The van der Waals surface area contributed by atoms with Gasteiger partial charge in [0.25, 0.3) is 5.91 Å². The molecule has 298 valence electrons. The summed E-state index contributed by atoms with van der Waals surface area (Å²) in [6.07, 6.45) is 5.47. The van der Waals surface area contributed by atoms with Crippen molar-refractivity contribution in [2.75, 3.05) is 13.7 Å². The standard InChI is InChI=1S/C41H49N5O9S/c1-40(2,3)55-39(50)44-46-19-11-6-5-10-14-26-24-41(26,38(49)45-56(51,52)29-16-17-29)43-36(47)31-20-28(21-32(31)37(46)48)54-35-23-33(25-12-8-7-9-13-25)42-34-22-27(53-4)15-18-30(34)35/h7-10,12-15,18,22-23,26,28-29,31-32H,5-6,11,16-17,19-21,24H2,1-4H3,(H,43,47)(H,44,50)(H,45,49)/b14-10+/t26-,28-,31-,32-,41-/m1/s1. The van der Waals surface area contributed by atoms with Gasteiger partial charge in [-0.15, -0.1) is 0 Å². The Balaban J connectivity index is 1.22. The number of methoxy groups -OCH3 is 1. The quantitative estimate of drug-likeness (QED) is 0.258. The van der Waals surface area contributed by atoms with Crippen molar-refractivity contribution in [3.05, 3.63) is 66.7 Å². The van der Waals surface area contributed by atoms with Crippen molar-refractivity contribution in [2.24, 2.45) is 17.8 Å². The lowest BCUT2D eigenvalue weighted by Crippen LogP contribution is -2.55. The summed E-state index contributed by atoms with van der Waals surface area (Å²) in [6, 6.07) is 16.9. The number of hydrazine groups is 1. The van der Waals surface area contributed by atoms with E-state index >= 15 is 0 Å². The van der Waals surface area contributed by atoms with E-state index in [1.165, 1.54) is 5.01 Å². The first kappa shape index (κ1) is 39.1. The van der Waals surface area contributed by atoms with Crippen molar-refractivity contribution >= 4 is 44.7 Å². The summed E-state index contributed by atoms with van der Waals surface area (Å²) < 4.78 is 45.6. The lowest BCUT2D eigenvalue weighted by atomic mass is 9.93. The van der Waals surface area contributed by atoms with Crippen LogP contribution in [0.5, 0.6) is 11.5 Å². The zero-order valence-corrected chi connectivity index (χ0v) is 32.9. The van der Waals surface area contributed by atoms with Gasteiger partial charge in [0.05, 0.1) is 35.4 Å². The normalized spacial score (nSPS) is 26.2. The molecular weight excluding hydrogens is 739 g/mol. The number of nitrogens with zero attached hydrogens (tertiary/aromatic N) is 2. The van der Waals surface area contributed by atoms with Crippen LogP contribution >= 0.6 is 0 Å². The number of aromatic nitrogens is 1. The molecule has 2 aromatic carbocycles. The highest BCUT2D eigenvalue weighted by atomic mass is 32.2. The molecule has 3 N–H and O–H groups in total. The van der Waals surface area contributed by atoms with Crippen LogP contribution in [0.25, 0.3) is 22.2 Å². The van der Waals surface area contributed by atoms with Crippen molar-refractivity contribution in [2.45, 2.75) is 94.6 Å². The number of carbonyl (C=O) groups is 4. The molecular formula is C41H49N5O9S. The molecule has 3 saturated carbocycles. The number of nitrogens with one attached hydrogen (secondary N) is 3. The number of rotatable bonds is 8. The van der Waals surface area contributed by atoms with E-state index in [1.54, 1.807) is 33.9 Å². The number of ether oxygens (including phenoxy) is 3. The largest absolute Gasteiger partial charge is 0.497 e. The summed E-state index contributed by atoms with van der Waals surface area (Å²) >= 11 is 0. The molecule has 0 saturated heterocycles. The van der Waals surface area contributed by atoms with Crippen molar-refractivity contribution < 1.29 is 41.8 Å². The summed E-state index contributed by atoms with van der Waals surface area (Å²) in [7, 11) is -2.32. The van der Waals surface area contributed by atoms with Crippen LogP contribution in [0.15, 0.2) is 66.7 Å². The van der Waals surface area contributed by atoms with Gasteiger partial charge in [0, 0.05) is 35.5 Å². The Labute approximate surface area is 326 Å². The molecule has 5 atom stereocenters. The predicted octanol–water partition coefficient (Wildman–Crippen LogP) is 5.18. The highest BCUT2D eigenvalue weighted by molar-refractivity contribution is 7.91. The van der Waals surface area contributed by atoms with Crippen LogP contribution in [0.1, 0.15) is 72.1 Å². The van der Waals surface area contributed by atoms with E-state index in [1.807, 2.05) is 60.7 Å². The molecule has 4 aliphatic rings. The second kappa shape index (κ2) is 15.4. The summed E-state index contributed by atoms with van der Waals surface area (Å²) in [5, 5.41) is 4.21. The van der Waals surface area contributed by atoms with Gasteiger partial charge in [-0.1, -0.05) is 42.5 Å². The first-order valence-corrected chi connectivity index (χ1v) is 20.8.